The summed E-state index contributed by atoms with van der Waals surface area (Å²) in [5.74, 6) is -11.7. The number of amides is 1. The monoisotopic (exact) mass is 569 g/mol. The van der Waals surface area contributed by atoms with Crippen LogP contribution in [0.1, 0.15) is 24.5 Å². The van der Waals surface area contributed by atoms with Gasteiger partial charge in [0.2, 0.25) is 11.7 Å². The first kappa shape index (κ1) is 28.5. The molecule has 5 aromatic carbocycles. The smallest absolute Gasteiger partial charge is 0.228 e. The van der Waals surface area contributed by atoms with Gasteiger partial charge in [0.25, 0.3) is 0 Å². The SMILES string of the molecule is CC(CC(=O)Nc1c(F)c(F)c(F)c(F)c1F)=C(c1ccc(-c2ccccc2)cc1)c1ccc(-c2ccccc2)cc1. The van der Waals surface area contributed by atoms with E-state index in [4.69, 9.17) is 0 Å². The second kappa shape index (κ2) is 12.2. The Bertz CT molecular complexity index is 1650. The summed E-state index contributed by atoms with van der Waals surface area (Å²) in [5.41, 5.74) is 5.43. The lowest BCUT2D eigenvalue weighted by Gasteiger charge is -2.16. The van der Waals surface area contributed by atoms with Crippen molar-refractivity contribution < 1.29 is 26.7 Å². The van der Waals surface area contributed by atoms with Gasteiger partial charge in [0.05, 0.1) is 0 Å². The summed E-state index contributed by atoms with van der Waals surface area (Å²) in [5, 5.41) is 1.87. The summed E-state index contributed by atoms with van der Waals surface area (Å²) in [4.78, 5) is 12.9. The van der Waals surface area contributed by atoms with Gasteiger partial charge in [0.15, 0.2) is 23.3 Å². The highest BCUT2D eigenvalue weighted by Gasteiger charge is 2.27. The van der Waals surface area contributed by atoms with Crippen molar-refractivity contribution >= 4 is 17.2 Å². The average molecular weight is 570 g/mol. The molecule has 0 unspecified atom stereocenters. The quantitative estimate of drug-likeness (QED) is 0.118. The van der Waals surface area contributed by atoms with E-state index >= 15 is 0 Å². The number of benzene rings is 5. The van der Waals surface area contributed by atoms with Gasteiger partial charge in [-0.05, 0) is 45.9 Å². The normalized spacial score (nSPS) is 10.8. The standard InChI is InChI=1S/C35H24F5NO/c1-21(20-28(42)41-35-33(39)31(37)30(36)32(38)34(35)40)29(26-16-12-24(13-17-26)22-8-4-2-5-9-22)27-18-14-25(15-19-27)23-10-6-3-7-11-23/h2-19H,20H2,1H3,(H,41,42). The number of halogens is 5. The predicted molar refractivity (Wildman–Crippen MR) is 155 cm³/mol. The highest BCUT2D eigenvalue weighted by molar-refractivity contribution is 5.95. The van der Waals surface area contributed by atoms with Crippen molar-refractivity contribution in [2.75, 3.05) is 5.32 Å². The van der Waals surface area contributed by atoms with Crippen molar-refractivity contribution in [3.63, 3.8) is 0 Å². The molecule has 5 rings (SSSR count). The largest absolute Gasteiger partial charge is 0.321 e. The summed E-state index contributed by atoms with van der Waals surface area (Å²) in [6, 6.07) is 35.0. The maximum atomic E-state index is 14.2. The van der Waals surface area contributed by atoms with Crippen LogP contribution < -0.4 is 5.32 Å². The van der Waals surface area contributed by atoms with Gasteiger partial charge in [0, 0.05) is 6.42 Å². The lowest BCUT2D eigenvalue weighted by Crippen LogP contribution is -2.17. The van der Waals surface area contributed by atoms with Crippen molar-refractivity contribution in [3.8, 4) is 22.3 Å². The highest BCUT2D eigenvalue weighted by Crippen LogP contribution is 2.33. The fraction of sp³-hybridized carbons (Fsp3) is 0.0571. The van der Waals surface area contributed by atoms with Gasteiger partial charge in [0.1, 0.15) is 5.69 Å². The molecule has 0 aromatic heterocycles. The van der Waals surface area contributed by atoms with E-state index in [9.17, 15) is 26.7 Å². The molecule has 1 amide bonds. The molecular formula is C35H24F5NO. The molecule has 0 saturated heterocycles. The molecule has 0 aliphatic rings. The highest BCUT2D eigenvalue weighted by atomic mass is 19.2. The Morgan fingerprint density at radius 2 is 0.881 bits per heavy atom. The molecule has 0 aliphatic carbocycles. The fourth-order valence-electron chi connectivity index (χ4n) is 4.81. The number of anilines is 1. The topological polar surface area (TPSA) is 29.1 Å². The van der Waals surface area contributed by atoms with E-state index in [1.807, 2.05) is 115 Å². The van der Waals surface area contributed by atoms with E-state index in [0.29, 0.717) is 11.1 Å². The van der Waals surface area contributed by atoms with Gasteiger partial charge in [-0.25, -0.2) is 22.0 Å². The first-order valence-electron chi connectivity index (χ1n) is 13.1. The third-order valence-electron chi connectivity index (χ3n) is 6.89. The second-order valence-electron chi connectivity index (χ2n) is 9.71. The van der Waals surface area contributed by atoms with Crippen LogP contribution in [-0.2, 0) is 4.79 Å². The summed E-state index contributed by atoms with van der Waals surface area (Å²) >= 11 is 0. The Kier molecular flexibility index (Phi) is 8.29. The van der Waals surface area contributed by atoms with E-state index in [0.717, 1.165) is 33.4 Å². The lowest BCUT2D eigenvalue weighted by molar-refractivity contribution is -0.115. The van der Waals surface area contributed by atoms with Crippen LogP contribution in [0.5, 0.6) is 0 Å². The van der Waals surface area contributed by atoms with Crippen LogP contribution in [-0.4, -0.2) is 5.91 Å². The molecule has 0 bridgehead atoms. The van der Waals surface area contributed by atoms with Crippen LogP contribution in [0.15, 0.2) is 115 Å². The van der Waals surface area contributed by atoms with Crippen molar-refractivity contribution in [1.29, 1.82) is 0 Å². The molecular weight excluding hydrogens is 545 g/mol. The molecule has 1 N–H and O–H groups in total. The Hall–Kier alpha value is -5.04. The van der Waals surface area contributed by atoms with Crippen LogP contribution in [0.2, 0.25) is 0 Å². The number of carbonyl (C=O) groups excluding carboxylic acids is 1. The summed E-state index contributed by atoms with van der Waals surface area (Å²) < 4.78 is 69.2. The van der Waals surface area contributed by atoms with Crippen LogP contribution >= 0.6 is 0 Å². The number of nitrogens with one attached hydrogen (secondary N) is 1. The molecule has 2 nitrogen and oxygen atoms in total. The molecule has 0 atom stereocenters. The van der Waals surface area contributed by atoms with Crippen LogP contribution in [0.3, 0.4) is 0 Å². The Labute approximate surface area is 239 Å². The van der Waals surface area contributed by atoms with E-state index < -0.39 is 40.7 Å². The Morgan fingerprint density at radius 1 is 0.524 bits per heavy atom. The summed E-state index contributed by atoms with van der Waals surface area (Å²) in [7, 11) is 0. The van der Waals surface area contributed by atoms with Crippen LogP contribution in [0.25, 0.3) is 27.8 Å². The molecule has 0 aliphatic heterocycles. The summed E-state index contributed by atoms with van der Waals surface area (Å²) in [6.07, 6.45) is -0.365. The number of hydrogen-bond donors (Lipinski definition) is 1. The van der Waals surface area contributed by atoms with Gasteiger partial charge in [-0.2, -0.15) is 0 Å². The molecule has 42 heavy (non-hydrogen) atoms. The molecule has 210 valence electrons. The zero-order valence-electron chi connectivity index (χ0n) is 22.4. The minimum atomic E-state index is -2.29. The van der Waals surface area contributed by atoms with Crippen LogP contribution in [0.4, 0.5) is 27.6 Å². The van der Waals surface area contributed by atoms with Gasteiger partial charge in [-0.15, -0.1) is 0 Å². The predicted octanol–water partition coefficient (Wildman–Crippen LogP) is 9.57. The fourth-order valence-corrected chi connectivity index (χ4v) is 4.81. The maximum absolute atomic E-state index is 14.2. The van der Waals surface area contributed by atoms with Crippen molar-refractivity contribution in [3.05, 3.63) is 155 Å². The zero-order chi connectivity index (χ0) is 29.8. The molecule has 7 heteroatoms. The van der Waals surface area contributed by atoms with Crippen LogP contribution in [0, 0.1) is 29.1 Å². The molecule has 0 heterocycles. The van der Waals surface area contributed by atoms with Crippen molar-refractivity contribution in [1.82, 2.24) is 0 Å². The Morgan fingerprint density at radius 3 is 1.29 bits per heavy atom. The van der Waals surface area contributed by atoms with Crippen molar-refractivity contribution in [2.45, 2.75) is 13.3 Å². The summed E-state index contributed by atoms with van der Waals surface area (Å²) in [6.45, 7) is 1.68. The minimum Gasteiger partial charge on any atom is -0.321 e. The Balaban J connectivity index is 1.51. The van der Waals surface area contributed by atoms with Gasteiger partial charge in [-0.1, -0.05) is 115 Å². The first-order chi connectivity index (χ1) is 20.2. The molecule has 0 spiro atoms. The molecule has 0 fully saturated rings. The van der Waals surface area contributed by atoms with E-state index in [1.54, 1.807) is 6.92 Å². The van der Waals surface area contributed by atoms with Gasteiger partial charge in [-0.3, -0.25) is 4.79 Å². The molecule has 0 radical (unpaired) electrons. The average Bonchev–Trinajstić information content (AvgIpc) is 3.03. The maximum Gasteiger partial charge on any atom is 0.228 e. The van der Waals surface area contributed by atoms with Gasteiger partial charge >= 0.3 is 0 Å². The third kappa shape index (κ3) is 5.86. The zero-order valence-corrected chi connectivity index (χ0v) is 22.4. The molecule has 0 saturated carbocycles. The number of hydrogen-bond acceptors (Lipinski definition) is 1. The minimum absolute atomic E-state index is 0.365. The second-order valence-corrected chi connectivity index (χ2v) is 9.71. The molecule has 5 aromatic rings. The third-order valence-corrected chi connectivity index (χ3v) is 6.89. The van der Waals surface area contributed by atoms with E-state index in [-0.39, 0.29) is 6.42 Å². The lowest BCUT2D eigenvalue weighted by atomic mass is 9.90. The van der Waals surface area contributed by atoms with Crippen molar-refractivity contribution in [2.24, 2.45) is 0 Å². The first-order valence-corrected chi connectivity index (χ1v) is 13.1. The van der Waals surface area contributed by atoms with E-state index in [2.05, 4.69) is 0 Å². The number of rotatable bonds is 7. The number of carbonyl (C=O) groups is 1. The van der Waals surface area contributed by atoms with E-state index in [1.165, 1.54) is 0 Å². The van der Waals surface area contributed by atoms with Gasteiger partial charge < -0.3 is 5.32 Å².